The number of rotatable bonds is 8. The highest BCUT2D eigenvalue weighted by molar-refractivity contribution is 7.90. The Kier molecular flexibility index (Phi) is 5.76. The summed E-state index contributed by atoms with van der Waals surface area (Å²) >= 11 is 0. The fourth-order valence-corrected chi connectivity index (χ4v) is 3.53. The van der Waals surface area contributed by atoms with Crippen LogP contribution in [0.25, 0.3) is 0 Å². The molecule has 0 saturated heterocycles. The Balaban J connectivity index is 2.00. The monoisotopic (exact) mass is 333 g/mol. The van der Waals surface area contributed by atoms with Gasteiger partial charge in [0, 0.05) is 6.42 Å². The molecule has 0 aliphatic carbocycles. The van der Waals surface area contributed by atoms with E-state index in [0.717, 1.165) is 0 Å². The Morgan fingerprint density at radius 3 is 2.39 bits per heavy atom. The summed E-state index contributed by atoms with van der Waals surface area (Å²) in [6.07, 6.45) is 0.328. The van der Waals surface area contributed by atoms with Gasteiger partial charge in [-0.1, -0.05) is 30.3 Å². The Morgan fingerprint density at radius 1 is 1.00 bits per heavy atom. The van der Waals surface area contributed by atoms with Gasteiger partial charge in [0.25, 0.3) is 0 Å². The first kappa shape index (κ1) is 17.0. The van der Waals surface area contributed by atoms with Gasteiger partial charge in [-0.25, -0.2) is 8.42 Å². The van der Waals surface area contributed by atoms with E-state index in [9.17, 15) is 13.2 Å². The first-order valence-electron chi connectivity index (χ1n) is 7.25. The van der Waals surface area contributed by atoms with Crippen LogP contribution in [0, 0.1) is 0 Å². The summed E-state index contributed by atoms with van der Waals surface area (Å²) in [6, 6.07) is 16.2. The number of benzene rings is 2. The Bertz CT molecular complexity index is 757. The molecule has 0 radical (unpaired) electrons. The van der Waals surface area contributed by atoms with Gasteiger partial charge in [0.15, 0.2) is 9.84 Å². The summed E-state index contributed by atoms with van der Waals surface area (Å²) in [5.41, 5.74) is 5.67. The molecule has 1 amide bonds. The van der Waals surface area contributed by atoms with Crippen LogP contribution in [0.5, 0.6) is 11.5 Å². The summed E-state index contributed by atoms with van der Waals surface area (Å²) in [7, 11) is -3.28. The third-order valence-corrected chi connectivity index (χ3v) is 4.83. The standard InChI is InChI=1S/C17H19NO4S/c18-17(19)10-5-11-23(20,21)13-14-6-4-9-16(12-14)22-15-7-2-1-3-8-15/h1-4,6-9,12H,5,10-11,13H2,(H2,18,19). The molecule has 0 bridgehead atoms. The van der Waals surface area contributed by atoms with Gasteiger partial charge in [0.2, 0.25) is 5.91 Å². The molecule has 0 atom stereocenters. The smallest absolute Gasteiger partial charge is 0.217 e. The van der Waals surface area contributed by atoms with Crippen LogP contribution in [-0.2, 0) is 20.4 Å². The normalized spacial score (nSPS) is 11.1. The molecule has 6 heteroatoms. The van der Waals surface area contributed by atoms with E-state index in [1.165, 1.54) is 0 Å². The van der Waals surface area contributed by atoms with Crippen molar-refractivity contribution in [2.24, 2.45) is 5.73 Å². The summed E-state index contributed by atoms with van der Waals surface area (Å²) in [4.78, 5) is 10.7. The zero-order valence-electron chi connectivity index (χ0n) is 12.6. The van der Waals surface area contributed by atoms with Crippen molar-refractivity contribution in [1.29, 1.82) is 0 Å². The van der Waals surface area contributed by atoms with E-state index in [2.05, 4.69) is 0 Å². The first-order chi connectivity index (χ1) is 10.9. The number of ether oxygens (including phenoxy) is 1. The third kappa shape index (κ3) is 6.12. The number of primary amides is 1. The predicted octanol–water partition coefficient (Wildman–Crippen LogP) is 2.66. The zero-order valence-corrected chi connectivity index (χ0v) is 13.5. The molecule has 0 spiro atoms. The van der Waals surface area contributed by atoms with Gasteiger partial charge < -0.3 is 10.5 Å². The van der Waals surface area contributed by atoms with E-state index in [-0.39, 0.29) is 24.3 Å². The third-order valence-electron chi connectivity index (χ3n) is 3.14. The quantitative estimate of drug-likeness (QED) is 0.804. The van der Waals surface area contributed by atoms with Gasteiger partial charge in [0.05, 0.1) is 11.5 Å². The molecule has 2 aromatic carbocycles. The lowest BCUT2D eigenvalue weighted by atomic mass is 10.2. The number of hydrogen-bond donors (Lipinski definition) is 1. The van der Waals surface area contributed by atoms with E-state index < -0.39 is 15.7 Å². The van der Waals surface area contributed by atoms with Gasteiger partial charge in [-0.2, -0.15) is 0 Å². The van der Waals surface area contributed by atoms with Crippen molar-refractivity contribution < 1.29 is 17.9 Å². The molecule has 5 nitrogen and oxygen atoms in total. The number of carbonyl (C=O) groups excluding carboxylic acids is 1. The van der Waals surface area contributed by atoms with Crippen LogP contribution < -0.4 is 10.5 Å². The second-order valence-corrected chi connectivity index (χ2v) is 7.41. The maximum atomic E-state index is 12.1. The Morgan fingerprint density at radius 2 is 1.70 bits per heavy atom. The minimum atomic E-state index is -3.28. The molecule has 0 fully saturated rings. The second-order valence-electron chi connectivity index (χ2n) is 5.22. The van der Waals surface area contributed by atoms with Gasteiger partial charge in [-0.05, 0) is 36.2 Å². The van der Waals surface area contributed by atoms with Crippen molar-refractivity contribution in [3.63, 3.8) is 0 Å². The van der Waals surface area contributed by atoms with E-state index >= 15 is 0 Å². The van der Waals surface area contributed by atoms with Gasteiger partial charge >= 0.3 is 0 Å². The molecule has 0 aromatic heterocycles. The minimum absolute atomic E-state index is 0.0558. The molecule has 2 rings (SSSR count). The van der Waals surface area contributed by atoms with Crippen LogP contribution in [0.3, 0.4) is 0 Å². The molecular formula is C17H19NO4S. The molecule has 2 aromatic rings. The van der Waals surface area contributed by atoms with Crippen LogP contribution in [0.1, 0.15) is 18.4 Å². The molecule has 2 N–H and O–H groups in total. The van der Waals surface area contributed by atoms with E-state index in [1.807, 2.05) is 30.3 Å². The molecule has 122 valence electrons. The van der Waals surface area contributed by atoms with Crippen LogP contribution in [-0.4, -0.2) is 20.1 Å². The van der Waals surface area contributed by atoms with Gasteiger partial charge in [-0.15, -0.1) is 0 Å². The summed E-state index contributed by atoms with van der Waals surface area (Å²) < 4.78 is 29.8. The lowest BCUT2D eigenvalue weighted by molar-refractivity contribution is -0.118. The number of para-hydroxylation sites is 1. The number of carbonyl (C=O) groups is 1. The average molecular weight is 333 g/mol. The van der Waals surface area contributed by atoms with E-state index in [0.29, 0.717) is 17.1 Å². The molecule has 0 unspecified atom stereocenters. The van der Waals surface area contributed by atoms with Crippen LogP contribution in [0.2, 0.25) is 0 Å². The van der Waals surface area contributed by atoms with Crippen molar-refractivity contribution in [2.75, 3.05) is 5.75 Å². The molecule has 0 saturated carbocycles. The van der Waals surface area contributed by atoms with Gasteiger partial charge in [0.1, 0.15) is 11.5 Å². The van der Waals surface area contributed by atoms with Gasteiger partial charge in [-0.3, -0.25) is 4.79 Å². The highest BCUT2D eigenvalue weighted by Crippen LogP contribution is 2.22. The fourth-order valence-electron chi connectivity index (χ4n) is 2.12. The highest BCUT2D eigenvalue weighted by atomic mass is 32.2. The minimum Gasteiger partial charge on any atom is -0.457 e. The number of nitrogens with two attached hydrogens (primary N) is 1. The summed E-state index contributed by atoms with van der Waals surface area (Å²) in [6.45, 7) is 0. The van der Waals surface area contributed by atoms with Crippen LogP contribution in [0.15, 0.2) is 54.6 Å². The van der Waals surface area contributed by atoms with E-state index in [4.69, 9.17) is 10.5 Å². The summed E-state index contributed by atoms with van der Waals surface area (Å²) in [5.74, 6) is 0.644. The largest absolute Gasteiger partial charge is 0.457 e. The fraction of sp³-hybridized carbons (Fsp3) is 0.235. The maximum Gasteiger partial charge on any atom is 0.217 e. The van der Waals surface area contributed by atoms with E-state index in [1.54, 1.807) is 24.3 Å². The zero-order chi connectivity index (χ0) is 16.7. The Hall–Kier alpha value is -2.34. The molecule has 0 aliphatic rings. The maximum absolute atomic E-state index is 12.1. The van der Waals surface area contributed by atoms with Crippen LogP contribution >= 0.6 is 0 Å². The van der Waals surface area contributed by atoms with Crippen molar-refractivity contribution in [1.82, 2.24) is 0 Å². The molecule has 23 heavy (non-hydrogen) atoms. The van der Waals surface area contributed by atoms with Crippen molar-refractivity contribution in [3.05, 3.63) is 60.2 Å². The number of sulfone groups is 1. The summed E-state index contributed by atoms with van der Waals surface area (Å²) in [5, 5.41) is 0. The second kappa shape index (κ2) is 7.78. The lowest BCUT2D eigenvalue weighted by Gasteiger charge is -2.08. The van der Waals surface area contributed by atoms with Crippen LogP contribution in [0.4, 0.5) is 0 Å². The Labute approximate surface area is 136 Å². The number of hydrogen-bond acceptors (Lipinski definition) is 4. The topological polar surface area (TPSA) is 86.5 Å². The first-order valence-corrected chi connectivity index (χ1v) is 9.07. The van der Waals surface area contributed by atoms with Crippen molar-refractivity contribution in [2.45, 2.75) is 18.6 Å². The average Bonchev–Trinajstić information content (AvgIpc) is 2.47. The highest BCUT2D eigenvalue weighted by Gasteiger charge is 2.13. The van der Waals surface area contributed by atoms with Crippen molar-refractivity contribution >= 4 is 15.7 Å². The number of amides is 1. The lowest BCUT2D eigenvalue weighted by Crippen LogP contribution is -2.14. The molecule has 0 heterocycles. The molecular weight excluding hydrogens is 314 g/mol. The molecule has 0 aliphatic heterocycles. The van der Waals surface area contributed by atoms with Crippen molar-refractivity contribution in [3.8, 4) is 11.5 Å². The predicted molar refractivity (Wildman–Crippen MR) is 88.9 cm³/mol. The SMILES string of the molecule is NC(=O)CCCS(=O)(=O)Cc1cccc(Oc2ccccc2)c1.